The first-order valence-corrected chi connectivity index (χ1v) is 8.37. The normalized spacial score (nSPS) is 10.7. The predicted molar refractivity (Wildman–Crippen MR) is 93.3 cm³/mol. The summed E-state index contributed by atoms with van der Waals surface area (Å²) in [5.74, 6) is 8.21. The maximum atomic E-state index is 6.06. The average molecular weight is 347 g/mol. The Hall–Kier alpha value is -2.18. The number of halogens is 1. The molecule has 1 aromatic heterocycles. The topological polar surface area (TPSA) is 66.0 Å². The van der Waals surface area contributed by atoms with E-state index in [0.717, 1.165) is 11.3 Å². The van der Waals surface area contributed by atoms with Crippen molar-refractivity contribution in [3.8, 4) is 17.1 Å². The lowest BCUT2D eigenvalue weighted by Gasteiger charge is -2.06. The fourth-order valence-corrected chi connectivity index (χ4v) is 2.78. The van der Waals surface area contributed by atoms with Crippen molar-refractivity contribution in [1.29, 1.82) is 0 Å². The molecule has 118 valence electrons. The zero-order valence-electron chi connectivity index (χ0n) is 12.2. The zero-order valence-corrected chi connectivity index (χ0v) is 13.8. The molecule has 0 aliphatic carbocycles. The molecule has 0 aliphatic heterocycles. The molecule has 0 atom stereocenters. The fourth-order valence-electron chi connectivity index (χ4n) is 1.98. The number of nitrogens with two attached hydrogens (primary N) is 1. The lowest BCUT2D eigenvalue weighted by Crippen LogP contribution is -2.12. The van der Waals surface area contributed by atoms with Gasteiger partial charge in [0.2, 0.25) is 5.16 Å². The Morgan fingerprint density at radius 2 is 1.78 bits per heavy atom. The van der Waals surface area contributed by atoms with E-state index in [1.807, 2.05) is 42.5 Å². The quantitative estimate of drug-likeness (QED) is 0.420. The molecule has 23 heavy (non-hydrogen) atoms. The standard InChI is InChI=1S/C16H15ClN4OS/c17-13-6-8-14(9-7-13)22-10-11-23-16-20-19-15(21(16)18)12-4-2-1-3-5-12/h1-9H,10-11,18H2. The molecule has 7 heteroatoms. The summed E-state index contributed by atoms with van der Waals surface area (Å²) >= 11 is 7.33. The van der Waals surface area contributed by atoms with Crippen molar-refractivity contribution in [1.82, 2.24) is 14.9 Å². The largest absolute Gasteiger partial charge is 0.493 e. The van der Waals surface area contributed by atoms with Crippen molar-refractivity contribution in [2.75, 3.05) is 18.2 Å². The van der Waals surface area contributed by atoms with Crippen LogP contribution in [-0.4, -0.2) is 27.2 Å². The van der Waals surface area contributed by atoms with Gasteiger partial charge >= 0.3 is 0 Å². The molecule has 0 fully saturated rings. The molecule has 3 aromatic rings. The maximum Gasteiger partial charge on any atom is 0.210 e. The van der Waals surface area contributed by atoms with Crippen LogP contribution in [0.15, 0.2) is 59.8 Å². The Kier molecular flexibility index (Phi) is 5.05. The van der Waals surface area contributed by atoms with E-state index in [4.69, 9.17) is 22.2 Å². The Labute approximate surface area is 143 Å². The van der Waals surface area contributed by atoms with Gasteiger partial charge in [-0.15, -0.1) is 10.2 Å². The van der Waals surface area contributed by atoms with Gasteiger partial charge in [-0.1, -0.05) is 53.7 Å². The predicted octanol–water partition coefficient (Wildman–Crippen LogP) is 3.48. The van der Waals surface area contributed by atoms with Crippen LogP contribution in [0.1, 0.15) is 0 Å². The Morgan fingerprint density at radius 3 is 2.52 bits per heavy atom. The van der Waals surface area contributed by atoms with Crippen molar-refractivity contribution in [3.63, 3.8) is 0 Å². The van der Waals surface area contributed by atoms with Crippen molar-refractivity contribution < 1.29 is 4.74 Å². The third-order valence-corrected chi connectivity index (χ3v) is 4.25. The lowest BCUT2D eigenvalue weighted by atomic mass is 10.2. The summed E-state index contributed by atoms with van der Waals surface area (Å²) in [4.78, 5) is 0. The Morgan fingerprint density at radius 1 is 1.04 bits per heavy atom. The van der Waals surface area contributed by atoms with Crippen molar-refractivity contribution in [2.45, 2.75) is 5.16 Å². The van der Waals surface area contributed by atoms with Crippen molar-refractivity contribution in [3.05, 3.63) is 59.6 Å². The second-order valence-corrected chi connectivity index (χ2v) is 6.19. The van der Waals surface area contributed by atoms with Gasteiger partial charge in [0.15, 0.2) is 5.82 Å². The van der Waals surface area contributed by atoms with E-state index in [0.29, 0.717) is 28.4 Å². The highest BCUT2D eigenvalue weighted by Crippen LogP contribution is 2.21. The summed E-state index contributed by atoms with van der Waals surface area (Å²) in [6.45, 7) is 0.541. The fraction of sp³-hybridized carbons (Fsp3) is 0.125. The van der Waals surface area contributed by atoms with Crippen molar-refractivity contribution in [2.24, 2.45) is 0 Å². The number of rotatable bonds is 6. The molecule has 0 saturated carbocycles. The number of benzene rings is 2. The van der Waals surface area contributed by atoms with Gasteiger partial charge in [0.05, 0.1) is 6.61 Å². The Bertz CT molecular complexity index is 762. The van der Waals surface area contributed by atoms with E-state index in [1.54, 1.807) is 12.1 Å². The molecule has 0 saturated heterocycles. The number of nitrogen functional groups attached to an aromatic ring is 1. The zero-order chi connectivity index (χ0) is 16.1. The molecule has 5 nitrogen and oxygen atoms in total. The van der Waals surface area contributed by atoms with Gasteiger partial charge in [-0.25, -0.2) is 4.68 Å². The average Bonchev–Trinajstić information content (AvgIpc) is 2.95. The van der Waals surface area contributed by atoms with Crippen LogP contribution in [-0.2, 0) is 0 Å². The van der Waals surface area contributed by atoms with Gasteiger partial charge in [0.25, 0.3) is 0 Å². The number of thioether (sulfide) groups is 1. The van der Waals surface area contributed by atoms with Crippen LogP contribution >= 0.6 is 23.4 Å². The number of hydrogen-bond acceptors (Lipinski definition) is 5. The minimum absolute atomic E-state index is 0.541. The SMILES string of the molecule is Nn1c(SCCOc2ccc(Cl)cc2)nnc1-c1ccccc1. The molecular weight excluding hydrogens is 332 g/mol. The number of hydrogen-bond donors (Lipinski definition) is 1. The number of ether oxygens (including phenoxy) is 1. The van der Waals surface area contributed by atoms with Crippen LogP contribution < -0.4 is 10.6 Å². The minimum Gasteiger partial charge on any atom is -0.493 e. The third-order valence-electron chi connectivity index (χ3n) is 3.09. The monoisotopic (exact) mass is 346 g/mol. The first-order chi connectivity index (χ1) is 11.2. The van der Waals surface area contributed by atoms with Gasteiger partial charge in [-0.05, 0) is 24.3 Å². The number of aromatic nitrogens is 3. The van der Waals surface area contributed by atoms with Gasteiger partial charge in [-0.2, -0.15) is 0 Å². The maximum absolute atomic E-state index is 6.06. The minimum atomic E-state index is 0.541. The highest BCUT2D eigenvalue weighted by Gasteiger charge is 2.11. The van der Waals surface area contributed by atoms with Crippen LogP contribution in [0.4, 0.5) is 0 Å². The van der Waals surface area contributed by atoms with Crippen LogP contribution in [0.2, 0.25) is 5.02 Å². The lowest BCUT2D eigenvalue weighted by molar-refractivity contribution is 0.344. The molecule has 0 unspecified atom stereocenters. The van der Waals surface area contributed by atoms with Gasteiger partial charge in [0.1, 0.15) is 5.75 Å². The molecule has 0 amide bonds. The van der Waals surface area contributed by atoms with E-state index < -0.39 is 0 Å². The van der Waals surface area contributed by atoms with Gasteiger partial charge in [0, 0.05) is 16.3 Å². The van der Waals surface area contributed by atoms with Gasteiger partial charge < -0.3 is 10.6 Å². The summed E-state index contributed by atoms with van der Waals surface area (Å²) < 4.78 is 7.14. The van der Waals surface area contributed by atoms with Crippen LogP contribution in [0.3, 0.4) is 0 Å². The second kappa shape index (κ2) is 7.39. The van der Waals surface area contributed by atoms with Crippen LogP contribution in [0, 0.1) is 0 Å². The van der Waals surface area contributed by atoms with E-state index in [1.165, 1.54) is 16.4 Å². The van der Waals surface area contributed by atoms with Crippen LogP contribution in [0.25, 0.3) is 11.4 Å². The molecular formula is C16H15ClN4OS. The third kappa shape index (κ3) is 3.97. The molecule has 0 radical (unpaired) electrons. The Balaban J connectivity index is 1.55. The summed E-state index contributed by atoms with van der Waals surface area (Å²) in [6, 6.07) is 17.0. The number of nitrogens with zero attached hydrogens (tertiary/aromatic N) is 3. The molecule has 3 rings (SSSR count). The molecule has 2 N–H and O–H groups in total. The first-order valence-electron chi connectivity index (χ1n) is 7.01. The van der Waals surface area contributed by atoms with E-state index in [-0.39, 0.29) is 0 Å². The van der Waals surface area contributed by atoms with E-state index >= 15 is 0 Å². The molecule has 0 spiro atoms. The molecule has 0 bridgehead atoms. The molecule has 1 heterocycles. The first kappa shape index (κ1) is 15.7. The summed E-state index contributed by atoms with van der Waals surface area (Å²) in [7, 11) is 0. The summed E-state index contributed by atoms with van der Waals surface area (Å²) in [5, 5.41) is 9.62. The highest BCUT2D eigenvalue weighted by atomic mass is 35.5. The highest BCUT2D eigenvalue weighted by molar-refractivity contribution is 7.99. The summed E-state index contributed by atoms with van der Waals surface area (Å²) in [5.41, 5.74) is 0.937. The van der Waals surface area contributed by atoms with Gasteiger partial charge in [-0.3, -0.25) is 0 Å². The summed E-state index contributed by atoms with van der Waals surface area (Å²) in [6.07, 6.45) is 0. The molecule has 2 aromatic carbocycles. The molecule has 0 aliphatic rings. The second-order valence-electron chi connectivity index (χ2n) is 4.69. The van der Waals surface area contributed by atoms with E-state index in [2.05, 4.69) is 10.2 Å². The van der Waals surface area contributed by atoms with Crippen LogP contribution in [0.5, 0.6) is 5.75 Å². The smallest absolute Gasteiger partial charge is 0.210 e. The van der Waals surface area contributed by atoms with Crippen molar-refractivity contribution >= 4 is 23.4 Å². The van der Waals surface area contributed by atoms with E-state index in [9.17, 15) is 0 Å².